The average molecular weight is 351 g/mol. The van der Waals surface area contributed by atoms with Gasteiger partial charge in [-0.2, -0.15) is 0 Å². The van der Waals surface area contributed by atoms with E-state index < -0.39 is 11.9 Å². The summed E-state index contributed by atoms with van der Waals surface area (Å²) in [5.41, 5.74) is 0.403. The lowest BCUT2D eigenvalue weighted by Gasteiger charge is -2.27. The van der Waals surface area contributed by atoms with E-state index in [4.69, 9.17) is 14.2 Å². The number of hydrogen-bond acceptors (Lipinski definition) is 5. The lowest BCUT2D eigenvalue weighted by atomic mass is 9.86. The van der Waals surface area contributed by atoms with Crippen molar-refractivity contribution in [3.05, 3.63) is 23.8 Å². The summed E-state index contributed by atoms with van der Waals surface area (Å²) in [7, 11) is 1.53. The van der Waals surface area contributed by atoms with E-state index in [9.17, 15) is 14.7 Å². The van der Waals surface area contributed by atoms with E-state index >= 15 is 0 Å². The van der Waals surface area contributed by atoms with Crippen LogP contribution in [0.2, 0.25) is 0 Å². The minimum atomic E-state index is -0.892. The number of carboxylic acids is 1. The summed E-state index contributed by atoms with van der Waals surface area (Å²) in [4.78, 5) is 23.9. The summed E-state index contributed by atoms with van der Waals surface area (Å²) in [5, 5.41) is 12.2. The smallest absolute Gasteiger partial charge is 0.308 e. The monoisotopic (exact) mass is 351 g/mol. The number of benzene rings is 1. The first-order valence-electron chi connectivity index (χ1n) is 8.46. The van der Waals surface area contributed by atoms with E-state index in [1.54, 1.807) is 18.2 Å². The van der Waals surface area contributed by atoms with E-state index in [1.807, 2.05) is 6.92 Å². The maximum Gasteiger partial charge on any atom is 0.308 e. The summed E-state index contributed by atoms with van der Waals surface area (Å²) in [5.74, 6) is -0.793. The predicted octanol–water partition coefficient (Wildman–Crippen LogP) is 1.95. The predicted molar refractivity (Wildman–Crippen MR) is 91.2 cm³/mol. The Balaban J connectivity index is 2.02. The van der Waals surface area contributed by atoms with Crippen LogP contribution in [0, 0.1) is 11.8 Å². The van der Waals surface area contributed by atoms with Crippen LogP contribution in [-0.4, -0.2) is 50.5 Å². The second-order valence-electron chi connectivity index (χ2n) is 5.90. The van der Waals surface area contributed by atoms with Gasteiger partial charge in [-0.25, -0.2) is 0 Å². The van der Waals surface area contributed by atoms with Crippen molar-refractivity contribution >= 4 is 11.9 Å². The molecule has 0 radical (unpaired) electrons. The molecule has 138 valence electrons. The first kappa shape index (κ1) is 19.1. The lowest BCUT2D eigenvalue weighted by Crippen LogP contribution is -2.39. The molecule has 1 atom stereocenters. The topological polar surface area (TPSA) is 94.1 Å². The van der Waals surface area contributed by atoms with Crippen LogP contribution in [0.1, 0.15) is 30.1 Å². The number of carboxylic acid groups (broad SMARTS) is 1. The summed E-state index contributed by atoms with van der Waals surface area (Å²) in [6.07, 6.45) is 1.40. The molecule has 1 heterocycles. The molecule has 2 rings (SSSR count). The van der Waals surface area contributed by atoms with Crippen molar-refractivity contribution in [2.24, 2.45) is 11.8 Å². The molecule has 7 heteroatoms. The molecule has 0 bridgehead atoms. The van der Waals surface area contributed by atoms with Crippen LogP contribution in [-0.2, 0) is 9.53 Å². The number of methoxy groups -OCH3 is 1. The Morgan fingerprint density at radius 1 is 1.32 bits per heavy atom. The molecule has 1 amide bonds. The summed E-state index contributed by atoms with van der Waals surface area (Å²) >= 11 is 0. The summed E-state index contributed by atoms with van der Waals surface area (Å²) in [6.45, 7) is 3.52. The van der Waals surface area contributed by atoms with Gasteiger partial charge >= 0.3 is 5.97 Å². The fraction of sp³-hybridized carbons (Fsp3) is 0.556. The Hall–Kier alpha value is -2.28. The molecule has 0 saturated carbocycles. The number of nitrogens with one attached hydrogen (secondary N) is 1. The van der Waals surface area contributed by atoms with E-state index in [1.165, 1.54) is 7.11 Å². The molecule has 2 N–H and O–H groups in total. The van der Waals surface area contributed by atoms with Gasteiger partial charge in [0.2, 0.25) is 0 Å². The minimum absolute atomic E-state index is 0.0152. The summed E-state index contributed by atoms with van der Waals surface area (Å²) < 4.78 is 15.9. The van der Waals surface area contributed by atoms with Gasteiger partial charge in [0.15, 0.2) is 11.5 Å². The summed E-state index contributed by atoms with van der Waals surface area (Å²) in [6, 6.07) is 4.88. The zero-order chi connectivity index (χ0) is 18.2. The Morgan fingerprint density at radius 3 is 2.64 bits per heavy atom. The number of carbonyl (C=O) groups excluding carboxylic acids is 1. The maximum absolute atomic E-state index is 12.4. The van der Waals surface area contributed by atoms with Crippen molar-refractivity contribution in [3.63, 3.8) is 0 Å². The second-order valence-corrected chi connectivity index (χ2v) is 5.90. The SMILES string of the molecule is CCOc1cc(C(=O)NCC(C(=O)O)C2CCOCC2)ccc1OC. The Kier molecular flexibility index (Phi) is 7.06. The van der Waals surface area contributed by atoms with Crippen LogP contribution in [0.4, 0.5) is 0 Å². The molecular weight excluding hydrogens is 326 g/mol. The second kappa shape index (κ2) is 9.27. The van der Waals surface area contributed by atoms with Crippen LogP contribution in [0.3, 0.4) is 0 Å². The van der Waals surface area contributed by atoms with Gasteiger partial charge in [-0.15, -0.1) is 0 Å². The van der Waals surface area contributed by atoms with E-state index in [2.05, 4.69) is 5.32 Å². The normalized spacial score (nSPS) is 16.1. The number of aliphatic carboxylic acids is 1. The molecular formula is C18H25NO6. The fourth-order valence-electron chi connectivity index (χ4n) is 2.96. The molecule has 1 aliphatic rings. The van der Waals surface area contributed by atoms with Crippen LogP contribution < -0.4 is 14.8 Å². The van der Waals surface area contributed by atoms with Crippen molar-refractivity contribution < 1.29 is 28.9 Å². The number of carbonyl (C=O) groups is 2. The highest BCUT2D eigenvalue weighted by Crippen LogP contribution is 2.28. The Morgan fingerprint density at radius 2 is 2.04 bits per heavy atom. The third kappa shape index (κ3) is 5.09. The van der Waals surface area contributed by atoms with Gasteiger partial charge in [0.1, 0.15) is 0 Å². The lowest BCUT2D eigenvalue weighted by molar-refractivity contribution is -0.144. The van der Waals surface area contributed by atoms with Gasteiger partial charge in [0, 0.05) is 25.3 Å². The highest BCUT2D eigenvalue weighted by molar-refractivity contribution is 5.95. The van der Waals surface area contributed by atoms with E-state index in [0.717, 1.165) is 0 Å². The minimum Gasteiger partial charge on any atom is -0.493 e. The standard InChI is InChI=1S/C18H25NO6/c1-3-25-16-10-13(4-5-15(16)23-2)17(20)19-11-14(18(21)22)12-6-8-24-9-7-12/h4-5,10,12,14H,3,6-9,11H2,1-2H3,(H,19,20)(H,21,22). The number of rotatable bonds is 8. The Labute approximate surface area is 147 Å². The fourth-order valence-corrected chi connectivity index (χ4v) is 2.96. The maximum atomic E-state index is 12.4. The molecule has 0 spiro atoms. The van der Waals surface area contributed by atoms with Crippen LogP contribution in [0.15, 0.2) is 18.2 Å². The molecule has 1 aromatic carbocycles. The van der Waals surface area contributed by atoms with Crippen molar-refractivity contribution in [1.82, 2.24) is 5.32 Å². The molecule has 1 unspecified atom stereocenters. The van der Waals surface area contributed by atoms with Crippen LogP contribution in [0.25, 0.3) is 0 Å². The number of hydrogen-bond donors (Lipinski definition) is 2. The molecule has 1 aliphatic heterocycles. The highest BCUT2D eigenvalue weighted by Gasteiger charge is 2.30. The number of ether oxygens (including phenoxy) is 3. The third-order valence-electron chi connectivity index (χ3n) is 4.36. The zero-order valence-corrected chi connectivity index (χ0v) is 14.6. The van der Waals surface area contributed by atoms with E-state index in [0.29, 0.717) is 49.7 Å². The molecule has 1 aromatic rings. The molecule has 25 heavy (non-hydrogen) atoms. The molecule has 1 saturated heterocycles. The first-order chi connectivity index (χ1) is 12.1. The third-order valence-corrected chi connectivity index (χ3v) is 4.36. The largest absolute Gasteiger partial charge is 0.493 e. The zero-order valence-electron chi connectivity index (χ0n) is 14.6. The van der Waals surface area contributed by atoms with Gasteiger partial charge < -0.3 is 24.6 Å². The van der Waals surface area contributed by atoms with Crippen molar-refractivity contribution in [3.8, 4) is 11.5 Å². The van der Waals surface area contributed by atoms with E-state index in [-0.39, 0.29) is 18.4 Å². The highest BCUT2D eigenvalue weighted by atomic mass is 16.5. The van der Waals surface area contributed by atoms with Crippen molar-refractivity contribution in [2.45, 2.75) is 19.8 Å². The van der Waals surface area contributed by atoms with Gasteiger partial charge in [0.25, 0.3) is 5.91 Å². The molecule has 7 nitrogen and oxygen atoms in total. The van der Waals surface area contributed by atoms with Gasteiger partial charge in [0.05, 0.1) is 19.6 Å². The molecule has 0 aromatic heterocycles. The van der Waals surface area contributed by atoms with Gasteiger partial charge in [-0.1, -0.05) is 0 Å². The number of amides is 1. The van der Waals surface area contributed by atoms with Gasteiger partial charge in [-0.05, 0) is 43.9 Å². The Bertz CT molecular complexity index is 597. The average Bonchev–Trinajstić information content (AvgIpc) is 2.62. The first-order valence-corrected chi connectivity index (χ1v) is 8.46. The van der Waals surface area contributed by atoms with Crippen LogP contribution >= 0.6 is 0 Å². The molecule has 0 aliphatic carbocycles. The van der Waals surface area contributed by atoms with Crippen molar-refractivity contribution in [2.75, 3.05) is 33.5 Å². The van der Waals surface area contributed by atoms with Crippen LogP contribution in [0.5, 0.6) is 11.5 Å². The van der Waals surface area contributed by atoms with Gasteiger partial charge in [-0.3, -0.25) is 9.59 Å². The quantitative estimate of drug-likeness (QED) is 0.743. The van der Waals surface area contributed by atoms with Crippen molar-refractivity contribution in [1.29, 1.82) is 0 Å². The molecule has 1 fully saturated rings.